The maximum absolute atomic E-state index is 2.23. The van der Waals surface area contributed by atoms with Crippen LogP contribution in [0.25, 0.3) is 11.1 Å². The molecule has 1 aliphatic carbocycles. The fourth-order valence-corrected chi connectivity index (χ4v) is 2.66. The maximum atomic E-state index is 2.23. The standard InChI is InChI=1S/C13H9.3ClH.Ti/c1-3-7-12-10(5-1)9-11-6-2-4-8-13(11)12;;;;/h1-5,7-8H,9H2;3*1H;/q;;;;+3/p-3. The molecule has 86 valence electrons. The van der Waals surface area contributed by atoms with Crippen molar-refractivity contribution in [3.05, 3.63) is 53.6 Å². The fraction of sp³-hybridized carbons (Fsp3) is 0.0769. The third-order valence-corrected chi connectivity index (χ3v) is 3.58. The molecule has 0 amide bonds. The minimum absolute atomic E-state index is 0. The number of hydrogen-bond acceptors (Lipinski definition) is 0. The molecule has 4 heteroatoms. The van der Waals surface area contributed by atoms with E-state index in [0.29, 0.717) is 0 Å². The summed E-state index contributed by atoms with van der Waals surface area (Å²) in [5.74, 6) is 0. The van der Waals surface area contributed by atoms with Crippen LogP contribution in [0.5, 0.6) is 0 Å². The second kappa shape index (κ2) is 6.82. The van der Waals surface area contributed by atoms with Gasteiger partial charge in [0.2, 0.25) is 0 Å². The van der Waals surface area contributed by atoms with Crippen LogP contribution in [0.1, 0.15) is 11.1 Å². The normalized spacial score (nSPS) is 10.2. The van der Waals surface area contributed by atoms with E-state index in [0.717, 1.165) is 6.42 Å². The minimum atomic E-state index is 0. The average molecular weight is 319 g/mol. The van der Waals surface area contributed by atoms with Gasteiger partial charge in [-0.15, -0.1) is 0 Å². The number of benzene rings is 2. The monoisotopic (exact) mass is 318 g/mol. The molecule has 0 bridgehead atoms. The summed E-state index contributed by atoms with van der Waals surface area (Å²) in [5.41, 5.74) is 5.83. The summed E-state index contributed by atoms with van der Waals surface area (Å²) in [7, 11) is 0. The fourth-order valence-electron chi connectivity index (χ4n) is 2.16. The van der Waals surface area contributed by atoms with Crippen LogP contribution in [0.3, 0.4) is 0 Å². The molecule has 1 aliphatic rings. The quantitative estimate of drug-likeness (QED) is 0.362. The molecule has 3 rings (SSSR count). The molecule has 0 spiro atoms. The van der Waals surface area contributed by atoms with Crippen molar-refractivity contribution in [2.45, 2.75) is 6.42 Å². The van der Waals surface area contributed by atoms with E-state index in [-0.39, 0.29) is 37.2 Å². The summed E-state index contributed by atoms with van der Waals surface area (Å²) in [6, 6.07) is 15.3. The predicted molar refractivity (Wildman–Crippen MR) is 54.3 cm³/mol. The summed E-state index contributed by atoms with van der Waals surface area (Å²) in [6.07, 6.45) is 1.11. The molecule has 0 aromatic heterocycles. The Labute approximate surface area is 132 Å². The Morgan fingerprint density at radius 1 is 0.765 bits per heavy atom. The van der Waals surface area contributed by atoms with Gasteiger partial charge in [-0.2, -0.15) is 0 Å². The van der Waals surface area contributed by atoms with E-state index in [2.05, 4.69) is 62.9 Å². The molecular formula is C13H9Cl3Ti. The summed E-state index contributed by atoms with van der Waals surface area (Å²) in [5, 5.41) is 0. The van der Waals surface area contributed by atoms with Gasteiger partial charge in [-0.1, -0.05) is 0 Å². The van der Waals surface area contributed by atoms with Crippen molar-refractivity contribution in [1.82, 2.24) is 0 Å². The molecule has 0 nitrogen and oxygen atoms in total. The van der Waals surface area contributed by atoms with E-state index in [4.69, 9.17) is 0 Å². The number of halogens is 3. The first kappa shape index (κ1) is 17.0. The Kier molecular flexibility index (Phi) is 6.83. The molecule has 0 saturated heterocycles. The molecule has 17 heavy (non-hydrogen) atoms. The van der Waals surface area contributed by atoms with E-state index in [1.807, 2.05) is 0 Å². The Bertz CT molecular complexity index is 512. The van der Waals surface area contributed by atoms with E-state index < -0.39 is 0 Å². The van der Waals surface area contributed by atoms with Crippen LogP contribution in [-0.4, -0.2) is 0 Å². The van der Waals surface area contributed by atoms with Gasteiger partial charge < -0.3 is 37.2 Å². The summed E-state index contributed by atoms with van der Waals surface area (Å²) in [4.78, 5) is 0. The molecule has 0 aliphatic heterocycles. The molecule has 0 heterocycles. The molecule has 2 aromatic rings. The van der Waals surface area contributed by atoms with Crippen LogP contribution in [0.2, 0.25) is 0 Å². The molecule has 0 fully saturated rings. The molecule has 0 atom stereocenters. The van der Waals surface area contributed by atoms with Gasteiger partial charge in [0.15, 0.2) is 0 Å². The van der Waals surface area contributed by atoms with Crippen molar-refractivity contribution >= 4 is 3.87 Å². The molecule has 0 saturated carbocycles. The first-order valence-corrected chi connectivity index (χ1v) is 5.56. The van der Waals surface area contributed by atoms with Crippen LogP contribution in [0.4, 0.5) is 0 Å². The van der Waals surface area contributed by atoms with E-state index >= 15 is 0 Å². The van der Waals surface area contributed by atoms with Crippen LogP contribution >= 0.6 is 0 Å². The third-order valence-electron chi connectivity index (χ3n) is 2.85. The van der Waals surface area contributed by atoms with Crippen LogP contribution in [0, 0.1) is 0 Å². The van der Waals surface area contributed by atoms with Crippen molar-refractivity contribution < 1.29 is 57.7 Å². The number of rotatable bonds is 0. The van der Waals surface area contributed by atoms with E-state index in [9.17, 15) is 0 Å². The predicted octanol–water partition coefficient (Wildman–Crippen LogP) is -6.56. The van der Waals surface area contributed by atoms with Gasteiger partial charge >= 0.3 is 95.4 Å². The molecule has 0 radical (unpaired) electrons. The first-order valence-electron chi connectivity index (χ1n) is 4.78. The van der Waals surface area contributed by atoms with Crippen molar-refractivity contribution in [2.75, 3.05) is 0 Å². The molecular weight excluding hydrogens is 310 g/mol. The van der Waals surface area contributed by atoms with Crippen molar-refractivity contribution in [3.63, 3.8) is 0 Å². The van der Waals surface area contributed by atoms with Gasteiger partial charge in [0.1, 0.15) is 0 Å². The summed E-state index contributed by atoms with van der Waals surface area (Å²) in [6.45, 7) is 0. The number of hydrogen-bond donors (Lipinski definition) is 0. The topological polar surface area (TPSA) is 0 Å². The zero-order valence-corrected chi connectivity index (χ0v) is 12.7. The van der Waals surface area contributed by atoms with Gasteiger partial charge in [0.05, 0.1) is 0 Å². The SMILES string of the molecule is [Cl-].[Cl-].[Cl-].[Ti+3][c]1cccc2c1Cc1ccccc1-2. The second-order valence-corrected chi connectivity index (χ2v) is 4.51. The van der Waals surface area contributed by atoms with Gasteiger partial charge in [-0.25, -0.2) is 0 Å². The van der Waals surface area contributed by atoms with Crippen molar-refractivity contribution in [1.29, 1.82) is 0 Å². The molecule has 2 aromatic carbocycles. The van der Waals surface area contributed by atoms with E-state index in [1.54, 1.807) is 0 Å². The van der Waals surface area contributed by atoms with Gasteiger partial charge in [-0.3, -0.25) is 0 Å². The average Bonchev–Trinajstić information content (AvgIpc) is 2.59. The van der Waals surface area contributed by atoms with Crippen LogP contribution in [-0.2, 0) is 26.9 Å². The van der Waals surface area contributed by atoms with Crippen LogP contribution < -0.4 is 41.1 Å². The molecule has 0 N–H and O–H groups in total. The number of fused-ring (bicyclic) bond motifs is 3. The zero-order chi connectivity index (χ0) is 9.54. The first-order chi connectivity index (χ1) is 6.86. The Morgan fingerprint density at radius 2 is 1.41 bits per heavy atom. The van der Waals surface area contributed by atoms with Gasteiger partial charge in [-0.05, 0) is 0 Å². The van der Waals surface area contributed by atoms with Crippen molar-refractivity contribution in [3.8, 4) is 11.1 Å². The Morgan fingerprint density at radius 3 is 2.18 bits per heavy atom. The Hall–Kier alpha value is 0.0243. The Balaban J connectivity index is 0.000000853. The van der Waals surface area contributed by atoms with Gasteiger partial charge in [0.25, 0.3) is 0 Å². The third kappa shape index (κ3) is 2.89. The summed E-state index contributed by atoms with van der Waals surface area (Å²) >= 11 is 2.20. The summed E-state index contributed by atoms with van der Waals surface area (Å²) < 4.78 is 1.42. The second-order valence-electron chi connectivity index (χ2n) is 3.67. The zero-order valence-electron chi connectivity index (χ0n) is 8.88. The van der Waals surface area contributed by atoms with Crippen molar-refractivity contribution in [2.24, 2.45) is 0 Å². The van der Waals surface area contributed by atoms with Crippen LogP contribution in [0.15, 0.2) is 42.5 Å². The molecule has 0 unspecified atom stereocenters. The van der Waals surface area contributed by atoms with E-state index in [1.165, 1.54) is 26.1 Å². The van der Waals surface area contributed by atoms with Gasteiger partial charge in [0, 0.05) is 0 Å².